The van der Waals surface area contributed by atoms with Crippen molar-refractivity contribution in [2.75, 3.05) is 12.3 Å². The first-order valence-electron chi connectivity index (χ1n) is 2.60. The third-order valence-corrected chi connectivity index (χ3v) is 1.43. The number of carbonyl (C=O) groups is 1. The first kappa shape index (κ1) is 14.5. The van der Waals surface area contributed by atoms with Crippen LogP contribution < -0.4 is 56.7 Å². The molecule has 0 fully saturated rings. The monoisotopic (exact) mass is 205 g/mol. The van der Waals surface area contributed by atoms with E-state index in [0.717, 1.165) is 0 Å². The van der Waals surface area contributed by atoms with Crippen LogP contribution in [0, 0.1) is 0 Å². The van der Waals surface area contributed by atoms with E-state index in [1.165, 1.54) is 6.92 Å². The van der Waals surface area contributed by atoms with Crippen LogP contribution in [0.15, 0.2) is 0 Å². The van der Waals surface area contributed by atoms with E-state index in [2.05, 4.69) is 5.32 Å². The molecule has 60 valence electrons. The van der Waals surface area contributed by atoms with Crippen LogP contribution >= 0.6 is 0 Å². The Morgan fingerprint density at radius 1 is 1.55 bits per heavy atom. The SMILES string of the molecule is CC(=O)NCCS(=O)(=O)[O-].[K+]. The zero-order valence-electron chi connectivity index (χ0n) is 6.46. The molecule has 0 rings (SSSR count). The molecule has 0 aliphatic carbocycles. The third kappa shape index (κ3) is 13.9. The Morgan fingerprint density at radius 2 is 2.00 bits per heavy atom. The fourth-order valence-corrected chi connectivity index (χ4v) is 0.704. The average molecular weight is 205 g/mol. The Kier molecular flexibility index (Phi) is 8.62. The fraction of sp³-hybridized carbons (Fsp3) is 0.750. The van der Waals surface area contributed by atoms with E-state index in [9.17, 15) is 17.8 Å². The quantitative estimate of drug-likeness (QED) is 0.373. The molecule has 0 atom stereocenters. The minimum atomic E-state index is -4.18. The summed E-state index contributed by atoms with van der Waals surface area (Å²) in [6.07, 6.45) is 0. The molecule has 0 bridgehead atoms. The van der Waals surface area contributed by atoms with Gasteiger partial charge in [0, 0.05) is 13.5 Å². The summed E-state index contributed by atoms with van der Waals surface area (Å²) in [5.74, 6) is -0.893. The molecule has 5 nitrogen and oxygen atoms in total. The standard InChI is InChI=1S/C4H9NO4S.K/c1-4(6)5-2-3-10(7,8)9;/h2-3H2,1H3,(H,5,6)(H,7,8,9);/q;+1/p-1. The first-order chi connectivity index (χ1) is 4.42. The van der Waals surface area contributed by atoms with Crippen molar-refractivity contribution in [1.29, 1.82) is 0 Å². The topological polar surface area (TPSA) is 86.3 Å². The van der Waals surface area contributed by atoms with Gasteiger partial charge in [-0.1, -0.05) is 0 Å². The van der Waals surface area contributed by atoms with Gasteiger partial charge in [-0.25, -0.2) is 8.42 Å². The second-order valence-corrected chi connectivity index (χ2v) is 3.27. The number of nitrogens with one attached hydrogen (secondary N) is 1. The van der Waals surface area contributed by atoms with E-state index in [0.29, 0.717) is 0 Å². The molecule has 0 aromatic rings. The van der Waals surface area contributed by atoms with Crippen LogP contribution in [0.1, 0.15) is 6.92 Å². The summed E-state index contributed by atoms with van der Waals surface area (Å²) < 4.78 is 29.7. The van der Waals surface area contributed by atoms with Crippen molar-refractivity contribution in [3.05, 3.63) is 0 Å². The molecule has 0 unspecified atom stereocenters. The Bertz CT molecular complexity index is 212. The summed E-state index contributed by atoms with van der Waals surface area (Å²) in [5.41, 5.74) is 0. The fourth-order valence-electron chi connectivity index (χ4n) is 0.352. The first-order valence-corrected chi connectivity index (χ1v) is 4.17. The van der Waals surface area contributed by atoms with Gasteiger partial charge in [0.1, 0.15) is 0 Å². The number of rotatable bonds is 3. The van der Waals surface area contributed by atoms with Crippen LogP contribution in [0.4, 0.5) is 0 Å². The van der Waals surface area contributed by atoms with Gasteiger partial charge in [-0.3, -0.25) is 4.79 Å². The van der Waals surface area contributed by atoms with Gasteiger partial charge in [-0.2, -0.15) is 0 Å². The minimum Gasteiger partial charge on any atom is -0.748 e. The second-order valence-electron chi connectivity index (χ2n) is 1.74. The van der Waals surface area contributed by atoms with E-state index < -0.39 is 15.9 Å². The van der Waals surface area contributed by atoms with Gasteiger partial charge in [0.05, 0.1) is 15.9 Å². The van der Waals surface area contributed by atoms with Crippen molar-refractivity contribution >= 4 is 16.0 Å². The summed E-state index contributed by atoms with van der Waals surface area (Å²) >= 11 is 0. The molecular formula is C4H8KNO4S. The van der Waals surface area contributed by atoms with Gasteiger partial charge >= 0.3 is 51.4 Å². The van der Waals surface area contributed by atoms with Crippen LogP contribution in [-0.4, -0.2) is 31.2 Å². The van der Waals surface area contributed by atoms with Gasteiger partial charge in [0.2, 0.25) is 5.91 Å². The van der Waals surface area contributed by atoms with Crippen LogP contribution in [0.2, 0.25) is 0 Å². The van der Waals surface area contributed by atoms with Gasteiger partial charge in [0.15, 0.2) is 0 Å². The van der Waals surface area contributed by atoms with E-state index in [1.807, 2.05) is 0 Å². The van der Waals surface area contributed by atoms with Crippen LogP contribution in [0.5, 0.6) is 0 Å². The zero-order valence-corrected chi connectivity index (χ0v) is 10.4. The van der Waals surface area contributed by atoms with Crippen LogP contribution in [0.3, 0.4) is 0 Å². The van der Waals surface area contributed by atoms with Gasteiger partial charge < -0.3 is 9.87 Å². The van der Waals surface area contributed by atoms with Crippen molar-refractivity contribution in [2.45, 2.75) is 6.92 Å². The average Bonchev–Trinajstić information content (AvgIpc) is 1.59. The van der Waals surface area contributed by atoms with Crippen molar-refractivity contribution in [1.82, 2.24) is 5.32 Å². The summed E-state index contributed by atoms with van der Waals surface area (Å²) in [5, 5.41) is 2.18. The largest absolute Gasteiger partial charge is 1.00 e. The van der Waals surface area contributed by atoms with Crippen molar-refractivity contribution in [2.24, 2.45) is 0 Å². The molecule has 0 saturated heterocycles. The Hall–Kier alpha value is 1.02. The maximum absolute atomic E-state index is 10.1. The molecule has 0 heterocycles. The maximum atomic E-state index is 10.1. The molecule has 7 heteroatoms. The van der Waals surface area contributed by atoms with Crippen LogP contribution in [0.25, 0.3) is 0 Å². The van der Waals surface area contributed by atoms with Gasteiger partial charge in [-0.15, -0.1) is 0 Å². The molecule has 1 amide bonds. The van der Waals surface area contributed by atoms with E-state index in [4.69, 9.17) is 0 Å². The van der Waals surface area contributed by atoms with Crippen molar-refractivity contribution in [3.63, 3.8) is 0 Å². The molecule has 0 aliphatic rings. The second kappa shape index (κ2) is 6.52. The molecule has 11 heavy (non-hydrogen) atoms. The Balaban J connectivity index is 0. The summed E-state index contributed by atoms with van der Waals surface area (Å²) in [6, 6.07) is 0. The summed E-state index contributed by atoms with van der Waals surface area (Å²) in [7, 11) is -4.18. The number of hydrogen-bond acceptors (Lipinski definition) is 4. The third-order valence-electron chi connectivity index (χ3n) is 0.726. The predicted octanol–water partition coefficient (Wildman–Crippen LogP) is -4.33. The smallest absolute Gasteiger partial charge is 0.748 e. The van der Waals surface area contributed by atoms with E-state index in [1.54, 1.807) is 0 Å². The Labute approximate surface area is 108 Å². The molecule has 1 N–H and O–H groups in total. The predicted molar refractivity (Wildman–Crippen MR) is 33.2 cm³/mol. The van der Waals surface area contributed by atoms with Gasteiger partial charge in [-0.05, 0) is 0 Å². The zero-order chi connectivity index (χ0) is 8.20. The minimum absolute atomic E-state index is 0. The number of amides is 1. The number of carbonyl (C=O) groups excluding carboxylic acids is 1. The molecule has 0 aliphatic heterocycles. The molecule has 0 aromatic carbocycles. The number of hydrogen-bond donors (Lipinski definition) is 1. The van der Waals surface area contributed by atoms with Crippen molar-refractivity contribution < 1.29 is 69.1 Å². The molecule has 0 radical (unpaired) electrons. The molecular weight excluding hydrogens is 197 g/mol. The normalized spacial score (nSPS) is 10.0. The van der Waals surface area contributed by atoms with Crippen molar-refractivity contribution in [3.8, 4) is 0 Å². The summed E-state index contributed by atoms with van der Waals surface area (Å²) in [4.78, 5) is 10.1. The molecule has 0 saturated carbocycles. The Morgan fingerprint density at radius 3 is 2.27 bits per heavy atom. The molecule has 0 spiro atoms. The van der Waals surface area contributed by atoms with E-state index in [-0.39, 0.29) is 63.8 Å². The van der Waals surface area contributed by atoms with Gasteiger partial charge in [0.25, 0.3) is 0 Å². The summed E-state index contributed by atoms with van der Waals surface area (Å²) in [6.45, 7) is 1.14. The van der Waals surface area contributed by atoms with Crippen LogP contribution in [-0.2, 0) is 14.9 Å². The molecule has 0 aromatic heterocycles. The van der Waals surface area contributed by atoms with E-state index >= 15 is 0 Å². The maximum Gasteiger partial charge on any atom is 1.00 e.